The van der Waals surface area contributed by atoms with E-state index < -0.39 is 4.92 Å². The second kappa shape index (κ2) is 7.63. The lowest BCUT2D eigenvalue weighted by molar-refractivity contribution is -0.384. The van der Waals surface area contributed by atoms with Crippen LogP contribution in [0.2, 0.25) is 0 Å². The van der Waals surface area contributed by atoms with E-state index in [0.29, 0.717) is 5.92 Å². The molecule has 0 bridgehead atoms. The number of hydrogen-bond donors (Lipinski definition) is 2. The molecule has 136 valence electrons. The van der Waals surface area contributed by atoms with Crippen molar-refractivity contribution >= 4 is 17.8 Å². The molecule has 1 aromatic rings. The molecule has 7 nitrogen and oxygen atoms in total. The lowest BCUT2D eigenvalue weighted by atomic mass is 9.70. The molecule has 0 spiro atoms. The third-order valence-electron chi connectivity index (χ3n) is 4.92. The first kappa shape index (κ1) is 18.9. The molecule has 1 aromatic carbocycles. The van der Waals surface area contributed by atoms with Gasteiger partial charge in [0.1, 0.15) is 5.75 Å². The first-order valence-electron chi connectivity index (χ1n) is 8.49. The smallest absolute Gasteiger partial charge is 0.270 e. The summed E-state index contributed by atoms with van der Waals surface area (Å²) in [6, 6.07) is 3.65. The molecule has 2 N–H and O–H groups in total. The number of carbonyl (C=O) groups is 1. The molecule has 1 aliphatic rings. The predicted molar refractivity (Wildman–Crippen MR) is 95.4 cm³/mol. The Morgan fingerprint density at radius 3 is 2.52 bits per heavy atom. The van der Waals surface area contributed by atoms with Crippen LogP contribution in [0.3, 0.4) is 0 Å². The van der Waals surface area contributed by atoms with Crippen LogP contribution in [0.5, 0.6) is 5.75 Å². The van der Waals surface area contributed by atoms with Crippen LogP contribution < -0.4 is 5.43 Å². The zero-order valence-corrected chi connectivity index (χ0v) is 14.9. The average molecular weight is 347 g/mol. The van der Waals surface area contributed by atoms with Gasteiger partial charge in [0.2, 0.25) is 5.91 Å². The van der Waals surface area contributed by atoms with Crippen LogP contribution in [0, 0.1) is 27.4 Å². The van der Waals surface area contributed by atoms with Crippen molar-refractivity contribution in [2.45, 2.75) is 46.5 Å². The number of nitro benzene ring substituents is 1. The van der Waals surface area contributed by atoms with Crippen molar-refractivity contribution in [2.24, 2.45) is 22.4 Å². The Bertz CT molecular complexity index is 671. The zero-order valence-electron chi connectivity index (χ0n) is 14.9. The van der Waals surface area contributed by atoms with Gasteiger partial charge in [-0.25, -0.2) is 5.43 Å². The van der Waals surface area contributed by atoms with Crippen LogP contribution in [0.4, 0.5) is 5.69 Å². The van der Waals surface area contributed by atoms with Crippen molar-refractivity contribution in [1.29, 1.82) is 0 Å². The number of rotatable bonds is 4. The van der Waals surface area contributed by atoms with E-state index in [9.17, 15) is 20.0 Å². The molecule has 1 aliphatic carbocycles. The number of hydrazone groups is 1. The molecule has 0 saturated heterocycles. The molecule has 1 amide bonds. The summed E-state index contributed by atoms with van der Waals surface area (Å²) in [5, 5.41) is 24.3. The number of carbonyl (C=O) groups excluding carboxylic acids is 1. The van der Waals surface area contributed by atoms with E-state index in [1.165, 1.54) is 24.4 Å². The van der Waals surface area contributed by atoms with Crippen LogP contribution >= 0.6 is 0 Å². The van der Waals surface area contributed by atoms with Crippen molar-refractivity contribution in [2.75, 3.05) is 0 Å². The normalized spacial score (nSPS) is 21.2. The van der Waals surface area contributed by atoms with Gasteiger partial charge in [-0.15, -0.1) is 0 Å². The molecular weight excluding hydrogens is 322 g/mol. The first-order chi connectivity index (χ1) is 11.7. The Morgan fingerprint density at radius 1 is 1.32 bits per heavy atom. The number of nitrogens with one attached hydrogen (secondary N) is 1. The monoisotopic (exact) mass is 347 g/mol. The van der Waals surface area contributed by atoms with Crippen molar-refractivity contribution in [3.63, 3.8) is 0 Å². The lowest BCUT2D eigenvalue weighted by Crippen LogP contribution is -2.33. The van der Waals surface area contributed by atoms with E-state index in [2.05, 4.69) is 31.3 Å². The van der Waals surface area contributed by atoms with Gasteiger partial charge in [-0.1, -0.05) is 20.8 Å². The second-order valence-electron chi connectivity index (χ2n) is 7.65. The highest BCUT2D eigenvalue weighted by atomic mass is 16.6. The Balaban J connectivity index is 1.91. The number of phenolic OH excluding ortho intramolecular Hbond substituents is 1. The van der Waals surface area contributed by atoms with E-state index in [1.54, 1.807) is 0 Å². The van der Waals surface area contributed by atoms with Crippen LogP contribution in [-0.4, -0.2) is 22.2 Å². The van der Waals surface area contributed by atoms with Gasteiger partial charge in [-0.3, -0.25) is 14.9 Å². The minimum Gasteiger partial charge on any atom is -0.507 e. The largest absolute Gasteiger partial charge is 0.507 e. The van der Waals surface area contributed by atoms with Gasteiger partial charge in [0.25, 0.3) is 5.69 Å². The van der Waals surface area contributed by atoms with Crippen molar-refractivity contribution in [3.8, 4) is 5.75 Å². The summed E-state index contributed by atoms with van der Waals surface area (Å²) in [4.78, 5) is 22.4. The van der Waals surface area contributed by atoms with Crippen molar-refractivity contribution in [1.82, 2.24) is 5.43 Å². The number of amides is 1. The molecule has 0 unspecified atom stereocenters. The minimum absolute atomic E-state index is 0.0607. The Hall–Kier alpha value is -2.44. The molecule has 0 aromatic heterocycles. The summed E-state index contributed by atoms with van der Waals surface area (Å²) in [6.45, 7) is 6.69. The summed E-state index contributed by atoms with van der Waals surface area (Å²) in [5.41, 5.74) is 2.78. The summed E-state index contributed by atoms with van der Waals surface area (Å²) >= 11 is 0. The van der Waals surface area contributed by atoms with Gasteiger partial charge in [0.05, 0.1) is 11.1 Å². The molecular formula is C18H25N3O4. The van der Waals surface area contributed by atoms with Crippen molar-refractivity contribution in [3.05, 3.63) is 33.9 Å². The number of nitrogens with zero attached hydrogens (tertiary/aromatic N) is 2. The molecule has 0 radical (unpaired) electrons. The van der Waals surface area contributed by atoms with Gasteiger partial charge >= 0.3 is 0 Å². The van der Waals surface area contributed by atoms with Crippen LogP contribution in [-0.2, 0) is 4.79 Å². The van der Waals surface area contributed by atoms with Gasteiger partial charge in [-0.05, 0) is 43.1 Å². The highest BCUT2D eigenvalue weighted by molar-refractivity contribution is 5.86. The van der Waals surface area contributed by atoms with E-state index in [0.717, 1.165) is 25.7 Å². The number of nitro groups is 1. The maximum atomic E-state index is 12.2. The number of phenols is 1. The fourth-order valence-corrected chi connectivity index (χ4v) is 3.24. The molecule has 0 atom stereocenters. The molecule has 2 rings (SSSR count). The van der Waals surface area contributed by atoms with Gasteiger partial charge in [-0.2, -0.15) is 5.10 Å². The molecule has 1 saturated carbocycles. The highest BCUT2D eigenvalue weighted by Gasteiger charge is 2.32. The first-order valence-corrected chi connectivity index (χ1v) is 8.49. The zero-order chi connectivity index (χ0) is 18.6. The molecule has 0 aliphatic heterocycles. The molecule has 25 heavy (non-hydrogen) atoms. The maximum Gasteiger partial charge on any atom is 0.270 e. The van der Waals surface area contributed by atoms with E-state index in [-0.39, 0.29) is 34.2 Å². The van der Waals surface area contributed by atoms with Gasteiger partial charge in [0, 0.05) is 23.6 Å². The fraction of sp³-hybridized carbons (Fsp3) is 0.556. The minimum atomic E-state index is -0.553. The average Bonchev–Trinajstić information content (AvgIpc) is 2.55. The summed E-state index contributed by atoms with van der Waals surface area (Å²) in [5.74, 6) is 0.291. The quantitative estimate of drug-likeness (QED) is 0.493. The third kappa shape index (κ3) is 5.01. The fourth-order valence-electron chi connectivity index (χ4n) is 3.24. The van der Waals surface area contributed by atoms with E-state index in [1.807, 2.05) is 0 Å². The number of aromatic hydroxyl groups is 1. The SMILES string of the molecule is CC(C)(C)C1CCC(C(=O)N/N=C/c2cc([N+](=O)[O-])ccc2O)CC1. The second-order valence-corrected chi connectivity index (χ2v) is 7.65. The standard InChI is InChI=1S/C18H25N3O4/c1-18(2,3)14-6-4-12(5-7-14)17(23)20-19-11-13-10-15(21(24)25)8-9-16(13)22/h8-12,14,22H,4-7H2,1-3H3,(H,20,23)/b19-11+. The van der Waals surface area contributed by atoms with E-state index >= 15 is 0 Å². The lowest BCUT2D eigenvalue weighted by Gasteiger charge is -2.36. The van der Waals surface area contributed by atoms with Crippen LogP contribution in [0.25, 0.3) is 0 Å². The van der Waals surface area contributed by atoms with Gasteiger partial charge in [0.15, 0.2) is 0 Å². The van der Waals surface area contributed by atoms with Crippen LogP contribution in [0.1, 0.15) is 52.0 Å². The van der Waals surface area contributed by atoms with E-state index in [4.69, 9.17) is 0 Å². The Labute approximate surface area is 147 Å². The maximum absolute atomic E-state index is 12.2. The summed E-state index contributed by atoms with van der Waals surface area (Å²) < 4.78 is 0. The number of hydrogen-bond acceptors (Lipinski definition) is 5. The summed E-state index contributed by atoms with van der Waals surface area (Å²) in [6.07, 6.45) is 4.95. The topological polar surface area (TPSA) is 105 Å². The summed E-state index contributed by atoms with van der Waals surface area (Å²) in [7, 11) is 0. The molecule has 0 heterocycles. The van der Waals surface area contributed by atoms with Gasteiger partial charge < -0.3 is 5.11 Å². The highest BCUT2D eigenvalue weighted by Crippen LogP contribution is 2.39. The molecule has 7 heteroatoms. The van der Waals surface area contributed by atoms with Crippen LogP contribution in [0.15, 0.2) is 23.3 Å². The molecule has 1 fully saturated rings. The van der Waals surface area contributed by atoms with Crippen molar-refractivity contribution < 1.29 is 14.8 Å². The third-order valence-corrected chi connectivity index (χ3v) is 4.92. The Kier molecular flexibility index (Phi) is 5.77. The number of non-ortho nitro benzene ring substituents is 1. The predicted octanol–water partition coefficient (Wildman–Crippen LogP) is 3.60. The number of benzene rings is 1. The Morgan fingerprint density at radius 2 is 1.96 bits per heavy atom.